The number of hydrogen-bond acceptors (Lipinski definition) is 3. The van der Waals surface area contributed by atoms with Gasteiger partial charge < -0.3 is 4.90 Å². The van der Waals surface area contributed by atoms with Crippen LogP contribution in [0.15, 0.2) is 36.5 Å². The standard InChI is InChI=1S/C15H17N3/c1-12-16-8-7-15(17-12)13-5-4-6-14(11-13)18-9-2-3-10-18/h4-8,11H,2-3,9-10H2,1H3. The molecule has 0 aliphatic carbocycles. The summed E-state index contributed by atoms with van der Waals surface area (Å²) in [7, 11) is 0. The Balaban J connectivity index is 1.95. The molecule has 2 aromatic rings. The first-order chi connectivity index (χ1) is 8.83. The molecule has 3 nitrogen and oxygen atoms in total. The summed E-state index contributed by atoms with van der Waals surface area (Å²) in [5, 5.41) is 0. The normalized spacial score (nSPS) is 15.1. The minimum absolute atomic E-state index is 0.819. The van der Waals surface area contributed by atoms with Gasteiger partial charge in [-0.2, -0.15) is 0 Å². The lowest BCUT2D eigenvalue weighted by Gasteiger charge is -2.18. The third kappa shape index (κ3) is 2.21. The van der Waals surface area contributed by atoms with E-state index in [0.717, 1.165) is 11.5 Å². The quantitative estimate of drug-likeness (QED) is 0.806. The van der Waals surface area contributed by atoms with Gasteiger partial charge >= 0.3 is 0 Å². The van der Waals surface area contributed by atoms with Crippen molar-refractivity contribution in [3.8, 4) is 11.3 Å². The summed E-state index contributed by atoms with van der Waals surface area (Å²) in [4.78, 5) is 11.1. The van der Waals surface area contributed by atoms with Gasteiger partial charge in [-0.05, 0) is 38.0 Å². The molecule has 0 unspecified atom stereocenters. The predicted octanol–water partition coefficient (Wildman–Crippen LogP) is 3.05. The van der Waals surface area contributed by atoms with Crippen molar-refractivity contribution in [3.05, 3.63) is 42.4 Å². The summed E-state index contributed by atoms with van der Waals surface area (Å²) in [6.45, 7) is 4.27. The summed E-state index contributed by atoms with van der Waals surface area (Å²) < 4.78 is 0. The number of benzene rings is 1. The van der Waals surface area contributed by atoms with Gasteiger partial charge in [-0.1, -0.05) is 12.1 Å². The lowest BCUT2D eigenvalue weighted by molar-refractivity contribution is 0.949. The summed E-state index contributed by atoms with van der Waals surface area (Å²) in [6.07, 6.45) is 4.42. The topological polar surface area (TPSA) is 29.0 Å². The fourth-order valence-electron chi connectivity index (χ4n) is 2.45. The van der Waals surface area contributed by atoms with Crippen molar-refractivity contribution < 1.29 is 0 Å². The van der Waals surface area contributed by atoms with Crippen LogP contribution in [0.25, 0.3) is 11.3 Å². The molecule has 1 aromatic heterocycles. The zero-order valence-corrected chi connectivity index (χ0v) is 10.6. The first-order valence-electron chi connectivity index (χ1n) is 6.48. The number of nitrogens with zero attached hydrogens (tertiary/aromatic N) is 3. The maximum atomic E-state index is 4.48. The minimum atomic E-state index is 0.819. The number of rotatable bonds is 2. The van der Waals surface area contributed by atoms with Crippen LogP contribution in [-0.4, -0.2) is 23.1 Å². The van der Waals surface area contributed by atoms with Crippen molar-refractivity contribution in [3.63, 3.8) is 0 Å². The van der Waals surface area contributed by atoms with Gasteiger partial charge in [0.05, 0.1) is 5.69 Å². The van der Waals surface area contributed by atoms with Crippen molar-refractivity contribution in [2.75, 3.05) is 18.0 Å². The van der Waals surface area contributed by atoms with Gasteiger partial charge in [0.15, 0.2) is 0 Å². The molecule has 0 saturated carbocycles. The van der Waals surface area contributed by atoms with Crippen LogP contribution in [0.1, 0.15) is 18.7 Å². The van der Waals surface area contributed by atoms with Gasteiger partial charge in [-0.15, -0.1) is 0 Å². The van der Waals surface area contributed by atoms with E-state index in [9.17, 15) is 0 Å². The van der Waals surface area contributed by atoms with E-state index >= 15 is 0 Å². The van der Waals surface area contributed by atoms with E-state index in [1.807, 2.05) is 19.2 Å². The van der Waals surface area contributed by atoms with Gasteiger partial charge in [0.1, 0.15) is 5.82 Å². The SMILES string of the molecule is Cc1nccc(-c2cccc(N3CCCC3)c2)n1. The summed E-state index contributed by atoms with van der Waals surface area (Å²) in [6, 6.07) is 10.6. The molecule has 3 rings (SSSR count). The molecule has 1 fully saturated rings. The number of aryl methyl sites for hydroxylation is 1. The smallest absolute Gasteiger partial charge is 0.125 e. The fraction of sp³-hybridized carbons (Fsp3) is 0.333. The van der Waals surface area contributed by atoms with E-state index in [-0.39, 0.29) is 0 Å². The third-order valence-electron chi connectivity index (χ3n) is 3.39. The van der Waals surface area contributed by atoms with Crippen molar-refractivity contribution in [2.24, 2.45) is 0 Å². The van der Waals surface area contributed by atoms with Crippen LogP contribution in [0.4, 0.5) is 5.69 Å². The van der Waals surface area contributed by atoms with Gasteiger partial charge in [0.25, 0.3) is 0 Å². The van der Waals surface area contributed by atoms with Gasteiger partial charge in [0, 0.05) is 30.5 Å². The molecule has 0 bridgehead atoms. The first kappa shape index (κ1) is 11.2. The van der Waals surface area contributed by atoms with Crippen LogP contribution in [0.5, 0.6) is 0 Å². The second kappa shape index (κ2) is 4.77. The van der Waals surface area contributed by atoms with Crippen LogP contribution in [-0.2, 0) is 0 Å². The molecule has 0 radical (unpaired) electrons. The number of anilines is 1. The molecule has 92 valence electrons. The van der Waals surface area contributed by atoms with E-state index < -0.39 is 0 Å². The Kier molecular flexibility index (Phi) is 2.97. The van der Waals surface area contributed by atoms with Crippen LogP contribution in [0.2, 0.25) is 0 Å². The molecule has 1 aromatic carbocycles. The van der Waals surface area contributed by atoms with E-state index in [1.165, 1.54) is 37.2 Å². The Morgan fingerprint density at radius 3 is 2.72 bits per heavy atom. The maximum Gasteiger partial charge on any atom is 0.125 e. The molecular weight excluding hydrogens is 222 g/mol. The minimum Gasteiger partial charge on any atom is -0.372 e. The zero-order chi connectivity index (χ0) is 12.4. The van der Waals surface area contributed by atoms with Crippen molar-refractivity contribution in [1.29, 1.82) is 0 Å². The lowest BCUT2D eigenvalue weighted by Crippen LogP contribution is -2.17. The molecule has 0 amide bonds. The van der Waals surface area contributed by atoms with Crippen molar-refractivity contribution in [1.82, 2.24) is 9.97 Å². The largest absolute Gasteiger partial charge is 0.372 e. The first-order valence-corrected chi connectivity index (χ1v) is 6.48. The molecule has 1 aliphatic heterocycles. The summed E-state index contributed by atoms with van der Waals surface area (Å²) >= 11 is 0. The van der Waals surface area contributed by atoms with Crippen molar-refractivity contribution in [2.45, 2.75) is 19.8 Å². The Bertz CT molecular complexity index is 545. The third-order valence-corrected chi connectivity index (χ3v) is 3.39. The molecule has 3 heteroatoms. The van der Waals surface area contributed by atoms with Gasteiger partial charge in [-0.3, -0.25) is 0 Å². The summed E-state index contributed by atoms with van der Waals surface area (Å²) in [5.74, 6) is 0.819. The molecule has 0 spiro atoms. The maximum absolute atomic E-state index is 4.48. The number of aromatic nitrogens is 2. The number of hydrogen-bond donors (Lipinski definition) is 0. The summed E-state index contributed by atoms with van der Waals surface area (Å²) in [5.41, 5.74) is 3.48. The van der Waals surface area contributed by atoms with Crippen molar-refractivity contribution >= 4 is 5.69 Å². The molecular formula is C15H17N3. The predicted molar refractivity (Wildman–Crippen MR) is 73.7 cm³/mol. The molecule has 18 heavy (non-hydrogen) atoms. The van der Waals surface area contributed by atoms with Gasteiger partial charge in [0.2, 0.25) is 0 Å². The van der Waals surface area contributed by atoms with E-state index in [2.05, 4.69) is 39.1 Å². The van der Waals surface area contributed by atoms with Crippen LogP contribution < -0.4 is 4.90 Å². The monoisotopic (exact) mass is 239 g/mol. The molecule has 1 aliphatic rings. The zero-order valence-electron chi connectivity index (χ0n) is 10.6. The highest BCUT2D eigenvalue weighted by molar-refractivity contribution is 5.65. The van der Waals surface area contributed by atoms with Crippen LogP contribution in [0, 0.1) is 6.92 Å². The molecule has 0 atom stereocenters. The van der Waals surface area contributed by atoms with E-state index in [4.69, 9.17) is 0 Å². The highest BCUT2D eigenvalue weighted by Crippen LogP contribution is 2.25. The fourth-order valence-corrected chi connectivity index (χ4v) is 2.45. The van der Waals surface area contributed by atoms with Crippen LogP contribution in [0.3, 0.4) is 0 Å². The second-order valence-electron chi connectivity index (χ2n) is 4.73. The Morgan fingerprint density at radius 2 is 1.94 bits per heavy atom. The molecule has 1 saturated heterocycles. The molecule has 0 N–H and O–H groups in total. The van der Waals surface area contributed by atoms with Crippen LogP contribution >= 0.6 is 0 Å². The van der Waals surface area contributed by atoms with E-state index in [0.29, 0.717) is 0 Å². The lowest BCUT2D eigenvalue weighted by atomic mass is 10.1. The average Bonchev–Trinajstić information content (AvgIpc) is 2.93. The second-order valence-corrected chi connectivity index (χ2v) is 4.73. The Hall–Kier alpha value is -1.90. The Labute approximate surface area is 108 Å². The van der Waals surface area contributed by atoms with Gasteiger partial charge in [-0.25, -0.2) is 9.97 Å². The Morgan fingerprint density at radius 1 is 1.11 bits per heavy atom. The average molecular weight is 239 g/mol. The van der Waals surface area contributed by atoms with E-state index in [1.54, 1.807) is 0 Å². The molecule has 2 heterocycles. The highest BCUT2D eigenvalue weighted by atomic mass is 15.1. The highest BCUT2D eigenvalue weighted by Gasteiger charge is 2.12.